The van der Waals surface area contributed by atoms with Crippen molar-refractivity contribution < 1.29 is 0 Å². The van der Waals surface area contributed by atoms with Gasteiger partial charge in [-0.2, -0.15) is 0 Å². The van der Waals surface area contributed by atoms with Gasteiger partial charge in [-0.15, -0.1) is 0 Å². The number of aryl methyl sites for hydroxylation is 1. The van der Waals surface area contributed by atoms with Gasteiger partial charge in [0.2, 0.25) is 0 Å². The average Bonchev–Trinajstić information content (AvgIpc) is 2.07. The maximum atomic E-state index is 5.75. The van der Waals surface area contributed by atoms with Gasteiger partial charge in [0.25, 0.3) is 0 Å². The summed E-state index contributed by atoms with van der Waals surface area (Å²) in [6.07, 6.45) is 5.53. The molecule has 0 spiro atoms. The highest BCUT2D eigenvalue weighted by Gasteiger charge is 1.95. The first kappa shape index (κ1) is 9.23. The molecule has 0 saturated heterocycles. The van der Waals surface area contributed by atoms with Crippen molar-refractivity contribution in [2.24, 2.45) is 5.73 Å². The van der Waals surface area contributed by atoms with E-state index in [1.807, 2.05) is 25.1 Å². The summed E-state index contributed by atoms with van der Waals surface area (Å²) in [5.74, 6) is 0. The molecule has 0 unspecified atom stereocenters. The smallest absolute Gasteiger partial charge is 0.131 e. The standard InChI is InChI=1S/C9H11ClN2/c1-7-5-8(3-2-4-11)6-12-9(7)10/h2-3,5-6H,4,11H2,1H3. The highest BCUT2D eigenvalue weighted by atomic mass is 35.5. The molecule has 12 heavy (non-hydrogen) atoms. The van der Waals surface area contributed by atoms with E-state index < -0.39 is 0 Å². The Bertz CT molecular complexity index is 295. The third-order valence-corrected chi connectivity index (χ3v) is 1.88. The second kappa shape index (κ2) is 4.24. The zero-order valence-corrected chi connectivity index (χ0v) is 7.67. The molecule has 0 aliphatic rings. The predicted molar refractivity (Wildman–Crippen MR) is 52.1 cm³/mol. The Morgan fingerprint density at radius 3 is 3.00 bits per heavy atom. The number of pyridine rings is 1. The van der Waals surface area contributed by atoms with Crippen molar-refractivity contribution in [2.75, 3.05) is 6.54 Å². The number of aromatic nitrogens is 1. The fraction of sp³-hybridized carbons (Fsp3) is 0.222. The third-order valence-electron chi connectivity index (χ3n) is 1.48. The van der Waals surface area contributed by atoms with Crippen molar-refractivity contribution in [3.8, 4) is 0 Å². The van der Waals surface area contributed by atoms with E-state index in [1.165, 1.54) is 0 Å². The zero-order chi connectivity index (χ0) is 8.97. The number of hydrogen-bond acceptors (Lipinski definition) is 2. The molecule has 0 fully saturated rings. The first-order valence-electron chi connectivity index (χ1n) is 3.73. The lowest BCUT2D eigenvalue weighted by Gasteiger charge is -1.97. The van der Waals surface area contributed by atoms with Gasteiger partial charge in [-0.3, -0.25) is 0 Å². The van der Waals surface area contributed by atoms with E-state index in [-0.39, 0.29) is 0 Å². The third kappa shape index (κ3) is 2.32. The van der Waals surface area contributed by atoms with Crippen LogP contribution in [0, 0.1) is 6.92 Å². The molecule has 0 bridgehead atoms. The van der Waals surface area contributed by atoms with Gasteiger partial charge in [0.05, 0.1) is 0 Å². The number of hydrogen-bond donors (Lipinski definition) is 1. The highest BCUT2D eigenvalue weighted by Crippen LogP contribution is 2.13. The molecule has 3 heteroatoms. The first-order valence-corrected chi connectivity index (χ1v) is 4.10. The molecule has 1 heterocycles. The van der Waals surface area contributed by atoms with E-state index in [1.54, 1.807) is 6.20 Å². The molecule has 0 amide bonds. The second-order valence-electron chi connectivity index (χ2n) is 2.51. The van der Waals surface area contributed by atoms with E-state index in [4.69, 9.17) is 17.3 Å². The number of rotatable bonds is 2. The van der Waals surface area contributed by atoms with Gasteiger partial charge in [-0.1, -0.05) is 23.8 Å². The lowest BCUT2D eigenvalue weighted by atomic mass is 10.2. The minimum absolute atomic E-state index is 0.543. The van der Waals surface area contributed by atoms with Crippen molar-refractivity contribution in [3.63, 3.8) is 0 Å². The van der Waals surface area contributed by atoms with Gasteiger partial charge in [0, 0.05) is 12.7 Å². The maximum absolute atomic E-state index is 5.75. The predicted octanol–water partition coefficient (Wildman–Crippen LogP) is 2.02. The summed E-state index contributed by atoms with van der Waals surface area (Å²) in [5, 5.41) is 0.555. The normalized spacial score (nSPS) is 10.9. The van der Waals surface area contributed by atoms with Crippen LogP contribution in [0.1, 0.15) is 11.1 Å². The van der Waals surface area contributed by atoms with Crippen molar-refractivity contribution in [1.29, 1.82) is 0 Å². The molecule has 0 atom stereocenters. The molecule has 2 nitrogen and oxygen atoms in total. The topological polar surface area (TPSA) is 38.9 Å². The Labute approximate surface area is 77.1 Å². The van der Waals surface area contributed by atoms with Gasteiger partial charge in [0.15, 0.2) is 0 Å². The van der Waals surface area contributed by atoms with Crippen LogP contribution in [0.5, 0.6) is 0 Å². The minimum Gasteiger partial charge on any atom is -0.327 e. The van der Waals surface area contributed by atoms with Crippen molar-refractivity contribution in [1.82, 2.24) is 4.98 Å². The Kier molecular flexibility index (Phi) is 3.26. The summed E-state index contributed by atoms with van der Waals surface area (Å²) >= 11 is 5.75. The molecule has 1 aromatic rings. The molecule has 0 aliphatic carbocycles. The van der Waals surface area contributed by atoms with Crippen LogP contribution in [0.25, 0.3) is 6.08 Å². The molecule has 1 rings (SSSR count). The van der Waals surface area contributed by atoms with Crippen LogP contribution in [0.15, 0.2) is 18.3 Å². The highest BCUT2D eigenvalue weighted by molar-refractivity contribution is 6.30. The Hall–Kier alpha value is -0.860. The van der Waals surface area contributed by atoms with E-state index in [0.29, 0.717) is 11.7 Å². The lowest BCUT2D eigenvalue weighted by Crippen LogP contribution is -1.92. The Morgan fingerprint density at radius 1 is 1.67 bits per heavy atom. The van der Waals surface area contributed by atoms with E-state index in [0.717, 1.165) is 11.1 Å². The van der Waals surface area contributed by atoms with Crippen molar-refractivity contribution >= 4 is 17.7 Å². The fourth-order valence-corrected chi connectivity index (χ4v) is 0.978. The number of nitrogens with two attached hydrogens (primary N) is 1. The Morgan fingerprint density at radius 2 is 2.42 bits per heavy atom. The van der Waals surface area contributed by atoms with Crippen LogP contribution in [0.4, 0.5) is 0 Å². The van der Waals surface area contributed by atoms with Gasteiger partial charge < -0.3 is 5.73 Å². The van der Waals surface area contributed by atoms with Crippen molar-refractivity contribution in [3.05, 3.63) is 34.6 Å². The van der Waals surface area contributed by atoms with Gasteiger partial charge in [-0.25, -0.2) is 4.98 Å². The van der Waals surface area contributed by atoms with Crippen LogP contribution in [-0.2, 0) is 0 Å². The summed E-state index contributed by atoms with van der Waals surface area (Å²) < 4.78 is 0. The minimum atomic E-state index is 0.543. The van der Waals surface area contributed by atoms with Crippen molar-refractivity contribution in [2.45, 2.75) is 6.92 Å². The largest absolute Gasteiger partial charge is 0.327 e. The van der Waals surface area contributed by atoms with Gasteiger partial charge >= 0.3 is 0 Å². The SMILES string of the molecule is Cc1cc(C=CCN)cnc1Cl. The molecular weight excluding hydrogens is 172 g/mol. The molecule has 0 aliphatic heterocycles. The number of nitrogens with zero attached hydrogens (tertiary/aromatic N) is 1. The van der Waals surface area contributed by atoms with Crippen LogP contribution in [0.3, 0.4) is 0 Å². The van der Waals surface area contributed by atoms with Crippen LogP contribution in [-0.4, -0.2) is 11.5 Å². The maximum Gasteiger partial charge on any atom is 0.131 e. The molecular formula is C9H11ClN2. The lowest BCUT2D eigenvalue weighted by molar-refractivity contribution is 1.24. The monoisotopic (exact) mass is 182 g/mol. The van der Waals surface area contributed by atoms with Crippen LogP contribution in [0.2, 0.25) is 5.15 Å². The molecule has 2 N–H and O–H groups in total. The molecule has 0 radical (unpaired) electrons. The van der Waals surface area contributed by atoms with Crippen LogP contribution >= 0.6 is 11.6 Å². The summed E-state index contributed by atoms with van der Waals surface area (Å²) in [4.78, 5) is 4.00. The number of halogens is 1. The first-order chi connectivity index (χ1) is 5.74. The van der Waals surface area contributed by atoms with E-state index in [2.05, 4.69) is 4.98 Å². The quantitative estimate of drug-likeness (QED) is 0.711. The summed E-state index contributed by atoms with van der Waals surface area (Å²) in [6, 6.07) is 1.97. The summed E-state index contributed by atoms with van der Waals surface area (Å²) in [6.45, 7) is 2.47. The molecule has 0 saturated carbocycles. The van der Waals surface area contributed by atoms with Gasteiger partial charge in [0.1, 0.15) is 5.15 Å². The van der Waals surface area contributed by atoms with Crippen LogP contribution < -0.4 is 5.73 Å². The Balaban J connectivity index is 2.89. The van der Waals surface area contributed by atoms with E-state index in [9.17, 15) is 0 Å². The summed E-state index contributed by atoms with van der Waals surface area (Å²) in [5.41, 5.74) is 7.32. The average molecular weight is 183 g/mol. The second-order valence-corrected chi connectivity index (χ2v) is 2.87. The van der Waals surface area contributed by atoms with E-state index >= 15 is 0 Å². The zero-order valence-electron chi connectivity index (χ0n) is 6.92. The van der Waals surface area contributed by atoms with Gasteiger partial charge in [-0.05, 0) is 24.1 Å². The molecule has 64 valence electrons. The fourth-order valence-electron chi connectivity index (χ4n) is 0.875. The molecule has 1 aromatic heterocycles. The molecule has 0 aromatic carbocycles. The summed E-state index contributed by atoms with van der Waals surface area (Å²) in [7, 11) is 0.